The van der Waals surface area contributed by atoms with Crippen molar-refractivity contribution in [3.05, 3.63) is 0 Å². The van der Waals surface area contributed by atoms with Crippen LogP contribution in [0.15, 0.2) is 5.16 Å². The van der Waals surface area contributed by atoms with E-state index >= 15 is 0 Å². The van der Waals surface area contributed by atoms with E-state index in [1.165, 1.54) is 0 Å². The highest BCUT2D eigenvalue weighted by Gasteiger charge is 2.25. The highest BCUT2D eigenvalue weighted by atomic mass is 16.4. The normalized spacial score (nSPS) is 26.1. The molecule has 1 saturated heterocycles. The fourth-order valence-electron chi connectivity index (χ4n) is 1.34. The van der Waals surface area contributed by atoms with E-state index in [-0.39, 0.29) is 17.7 Å². The van der Waals surface area contributed by atoms with Crippen LogP contribution in [0.1, 0.15) is 12.8 Å². The summed E-state index contributed by atoms with van der Waals surface area (Å²) in [6.07, 6.45) is 1.16. The largest absolute Gasteiger partial charge is 0.409 e. The Morgan fingerprint density at radius 2 is 2.50 bits per heavy atom. The van der Waals surface area contributed by atoms with Gasteiger partial charge in [-0.15, -0.1) is 0 Å². The zero-order chi connectivity index (χ0) is 9.14. The number of oxime groups is 1. The van der Waals surface area contributed by atoms with E-state index in [0.717, 1.165) is 0 Å². The molecule has 0 radical (unpaired) electrons. The number of piperidine rings is 1. The summed E-state index contributed by atoms with van der Waals surface area (Å²) in [7, 11) is 1.72. The molecule has 1 heterocycles. The van der Waals surface area contributed by atoms with E-state index < -0.39 is 0 Å². The van der Waals surface area contributed by atoms with Crippen LogP contribution in [0.3, 0.4) is 0 Å². The molecule has 1 aliphatic heterocycles. The molecule has 1 unspecified atom stereocenters. The van der Waals surface area contributed by atoms with E-state index in [2.05, 4.69) is 5.16 Å². The van der Waals surface area contributed by atoms with Crippen molar-refractivity contribution in [2.45, 2.75) is 12.8 Å². The van der Waals surface area contributed by atoms with Gasteiger partial charge >= 0.3 is 0 Å². The maximum absolute atomic E-state index is 11.0. The summed E-state index contributed by atoms with van der Waals surface area (Å²) < 4.78 is 0. The first-order valence-corrected chi connectivity index (χ1v) is 3.86. The molecule has 1 atom stereocenters. The van der Waals surface area contributed by atoms with Gasteiger partial charge in [0, 0.05) is 25.9 Å². The van der Waals surface area contributed by atoms with Gasteiger partial charge in [-0.2, -0.15) is 0 Å². The number of amidine groups is 1. The van der Waals surface area contributed by atoms with Crippen LogP contribution >= 0.6 is 0 Å². The molecule has 0 saturated carbocycles. The zero-order valence-corrected chi connectivity index (χ0v) is 7.03. The summed E-state index contributed by atoms with van der Waals surface area (Å²) in [5.41, 5.74) is 5.42. The molecule has 12 heavy (non-hydrogen) atoms. The number of rotatable bonds is 1. The number of nitrogens with zero attached hydrogens (tertiary/aromatic N) is 2. The molecule has 0 spiro atoms. The molecule has 0 aromatic rings. The number of hydrogen-bond acceptors (Lipinski definition) is 3. The number of carbonyl (C=O) groups is 1. The second-order valence-corrected chi connectivity index (χ2v) is 3.03. The third kappa shape index (κ3) is 1.66. The van der Waals surface area contributed by atoms with Gasteiger partial charge in [-0.25, -0.2) is 0 Å². The molecule has 1 rings (SSSR count). The fraction of sp³-hybridized carbons (Fsp3) is 0.714. The molecular formula is C7H13N3O2. The minimum atomic E-state index is 0.0118. The van der Waals surface area contributed by atoms with Crippen LogP contribution in [0.4, 0.5) is 0 Å². The molecule has 1 aliphatic rings. The van der Waals surface area contributed by atoms with Crippen LogP contribution in [0.2, 0.25) is 0 Å². The van der Waals surface area contributed by atoms with Gasteiger partial charge in [-0.3, -0.25) is 4.79 Å². The number of hydrogen-bond donors (Lipinski definition) is 2. The van der Waals surface area contributed by atoms with Gasteiger partial charge in [0.05, 0.1) is 0 Å². The molecule has 1 fully saturated rings. The molecule has 1 amide bonds. The first-order valence-electron chi connectivity index (χ1n) is 3.86. The lowest BCUT2D eigenvalue weighted by Crippen LogP contribution is -2.42. The summed E-state index contributed by atoms with van der Waals surface area (Å²) in [5.74, 6) is 0.351. The lowest BCUT2D eigenvalue weighted by molar-refractivity contribution is -0.132. The van der Waals surface area contributed by atoms with Crippen molar-refractivity contribution in [2.24, 2.45) is 16.8 Å². The van der Waals surface area contributed by atoms with Crippen molar-refractivity contribution >= 4 is 11.7 Å². The molecule has 0 aromatic heterocycles. The second kappa shape index (κ2) is 3.42. The van der Waals surface area contributed by atoms with Crippen LogP contribution in [0.25, 0.3) is 0 Å². The van der Waals surface area contributed by atoms with E-state index in [1.54, 1.807) is 11.9 Å². The SMILES string of the molecule is CN1CC(C(N)=NO)CCC1=O. The van der Waals surface area contributed by atoms with E-state index in [0.29, 0.717) is 19.4 Å². The summed E-state index contributed by atoms with van der Waals surface area (Å²) in [6.45, 7) is 0.550. The van der Waals surface area contributed by atoms with E-state index in [1.807, 2.05) is 0 Å². The summed E-state index contributed by atoms with van der Waals surface area (Å²) in [5, 5.41) is 11.3. The third-order valence-electron chi connectivity index (χ3n) is 2.16. The van der Waals surface area contributed by atoms with Crippen molar-refractivity contribution in [2.75, 3.05) is 13.6 Å². The Bertz CT molecular complexity index is 215. The Hall–Kier alpha value is -1.26. The lowest BCUT2D eigenvalue weighted by Gasteiger charge is -2.28. The molecule has 3 N–H and O–H groups in total. The number of likely N-dealkylation sites (tertiary alicyclic amines) is 1. The Morgan fingerprint density at radius 1 is 1.83 bits per heavy atom. The minimum Gasteiger partial charge on any atom is -0.409 e. The van der Waals surface area contributed by atoms with Gasteiger partial charge < -0.3 is 15.8 Å². The maximum Gasteiger partial charge on any atom is 0.222 e. The molecule has 0 bridgehead atoms. The molecule has 5 nitrogen and oxygen atoms in total. The predicted octanol–water partition coefficient (Wildman–Crippen LogP) is -0.399. The Balaban J connectivity index is 2.57. The maximum atomic E-state index is 11.0. The van der Waals surface area contributed by atoms with Crippen LogP contribution in [0, 0.1) is 5.92 Å². The number of amides is 1. The van der Waals surface area contributed by atoms with Crippen LogP contribution in [-0.4, -0.2) is 35.4 Å². The van der Waals surface area contributed by atoms with Crippen molar-refractivity contribution in [3.8, 4) is 0 Å². The van der Waals surface area contributed by atoms with Gasteiger partial charge in [0.25, 0.3) is 0 Å². The Morgan fingerprint density at radius 3 is 3.00 bits per heavy atom. The number of nitrogens with two attached hydrogens (primary N) is 1. The molecule has 68 valence electrons. The first-order chi connectivity index (χ1) is 5.65. The van der Waals surface area contributed by atoms with Crippen molar-refractivity contribution in [1.82, 2.24) is 4.90 Å². The molecule has 0 aliphatic carbocycles. The Kier molecular flexibility index (Phi) is 2.52. The van der Waals surface area contributed by atoms with Crippen LogP contribution in [0.5, 0.6) is 0 Å². The quantitative estimate of drug-likeness (QED) is 0.244. The predicted molar refractivity (Wildman–Crippen MR) is 43.8 cm³/mol. The van der Waals surface area contributed by atoms with Crippen molar-refractivity contribution in [3.63, 3.8) is 0 Å². The monoisotopic (exact) mass is 171 g/mol. The first kappa shape index (κ1) is 8.83. The van der Waals surface area contributed by atoms with Gasteiger partial charge in [0.1, 0.15) is 5.84 Å². The topological polar surface area (TPSA) is 78.9 Å². The highest BCUT2D eigenvalue weighted by Crippen LogP contribution is 2.15. The lowest BCUT2D eigenvalue weighted by atomic mass is 9.97. The van der Waals surface area contributed by atoms with E-state index in [4.69, 9.17) is 10.9 Å². The summed E-state index contributed by atoms with van der Waals surface area (Å²) in [6, 6.07) is 0. The zero-order valence-electron chi connectivity index (χ0n) is 7.03. The van der Waals surface area contributed by atoms with Gasteiger partial charge in [0.15, 0.2) is 0 Å². The van der Waals surface area contributed by atoms with Crippen LogP contribution < -0.4 is 5.73 Å². The smallest absolute Gasteiger partial charge is 0.222 e. The average Bonchev–Trinajstić information content (AvgIpc) is 2.08. The molecular weight excluding hydrogens is 158 g/mol. The van der Waals surface area contributed by atoms with Crippen molar-refractivity contribution < 1.29 is 10.0 Å². The van der Waals surface area contributed by atoms with E-state index in [9.17, 15) is 4.79 Å². The van der Waals surface area contributed by atoms with Gasteiger partial charge in [-0.05, 0) is 6.42 Å². The third-order valence-corrected chi connectivity index (χ3v) is 2.16. The van der Waals surface area contributed by atoms with Gasteiger partial charge in [-0.1, -0.05) is 5.16 Å². The van der Waals surface area contributed by atoms with Gasteiger partial charge in [0.2, 0.25) is 5.91 Å². The Labute approximate surface area is 70.8 Å². The van der Waals surface area contributed by atoms with Crippen molar-refractivity contribution in [1.29, 1.82) is 0 Å². The second-order valence-electron chi connectivity index (χ2n) is 3.03. The number of carbonyl (C=O) groups excluding carboxylic acids is 1. The highest BCUT2D eigenvalue weighted by molar-refractivity contribution is 5.85. The minimum absolute atomic E-state index is 0.0118. The summed E-state index contributed by atoms with van der Waals surface area (Å²) in [4.78, 5) is 12.6. The summed E-state index contributed by atoms with van der Waals surface area (Å²) >= 11 is 0. The average molecular weight is 171 g/mol. The molecule has 5 heteroatoms. The standard InChI is InChI=1S/C7H13N3O2/c1-10-4-5(7(8)9-12)2-3-6(10)11/h5,12H,2-4H2,1H3,(H2,8,9). The van der Waals surface area contributed by atoms with Crippen LogP contribution in [-0.2, 0) is 4.79 Å². The molecule has 0 aromatic carbocycles. The fourth-order valence-corrected chi connectivity index (χ4v) is 1.34.